The van der Waals surface area contributed by atoms with Gasteiger partial charge in [0.25, 0.3) is 0 Å². The van der Waals surface area contributed by atoms with Crippen LogP contribution in [0.2, 0.25) is 0 Å². The van der Waals surface area contributed by atoms with E-state index in [2.05, 4.69) is 71.3 Å². The number of aromatic nitrogens is 2. The van der Waals surface area contributed by atoms with Crippen LogP contribution in [0.3, 0.4) is 0 Å². The second kappa shape index (κ2) is 4.90. The number of hydrogen-bond acceptors (Lipinski definition) is 2. The third-order valence-electron chi connectivity index (χ3n) is 5.80. The van der Waals surface area contributed by atoms with Crippen molar-refractivity contribution in [3.8, 4) is 28.3 Å². The SMILES string of the molecule is c1ccc2c(c1)-c1oc3ccccc3c1-n1c3ccccc3c3ccnc-2c31. The molecule has 0 saturated heterocycles. The second-order valence-electron chi connectivity index (χ2n) is 7.23. The highest BCUT2D eigenvalue weighted by Gasteiger charge is 2.28. The minimum atomic E-state index is 0.900. The highest BCUT2D eigenvalue weighted by atomic mass is 16.3. The van der Waals surface area contributed by atoms with Crippen LogP contribution in [0.1, 0.15) is 0 Å². The van der Waals surface area contributed by atoms with Crippen molar-refractivity contribution in [2.45, 2.75) is 0 Å². The lowest BCUT2D eigenvalue weighted by atomic mass is 10.0. The monoisotopic (exact) mass is 358 g/mol. The molecule has 6 aromatic rings. The Morgan fingerprint density at radius 1 is 0.679 bits per heavy atom. The number of fused-ring (bicyclic) bond motifs is 10. The van der Waals surface area contributed by atoms with Gasteiger partial charge in [-0.25, -0.2) is 0 Å². The molecule has 130 valence electrons. The van der Waals surface area contributed by atoms with Crippen molar-refractivity contribution in [1.29, 1.82) is 0 Å². The van der Waals surface area contributed by atoms with Gasteiger partial charge in [0.05, 0.1) is 16.7 Å². The first-order valence-corrected chi connectivity index (χ1v) is 9.41. The Bertz CT molecular complexity index is 1570. The first-order valence-electron chi connectivity index (χ1n) is 9.41. The van der Waals surface area contributed by atoms with E-state index in [9.17, 15) is 0 Å². The summed E-state index contributed by atoms with van der Waals surface area (Å²) < 4.78 is 8.77. The molecule has 3 nitrogen and oxygen atoms in total. The molecule has 0 unspecified atom stereocenters. The van der Waals surface area contributed by atoms with Crippen LogP contribution in [0.15, 0.2) is 89.5 Å². The number of rotatable bonds is 0. The van der Waals surface area contributed by atoms with Crippen molar-refractivity contribution < 1.29 is 4.42 Å². The molecule has 0 saturated carbocycles. The highest BCUT2D eigenvalue weighted by Crippen LogP contribution is 2.48. The zero-order valence-electron chi connectivity index (χ0n) is 14.9. The van der Waals surface area contributed by atoms with E-state index in [1.807, 2.05) is 18.3 Å². The van der Waals surface area contributed by atoms with E-state index < -0.39 is 0 Å². The quantitative estimate of drug-likeness (QED) is 0.307. The maximum Gasteiger partial charge on any atom is 0.160 e. The van der Waals surface area contributed by atoms with Gasteiger partial charge in [0.2, 0.25) is 0 Å². The molecule has 1 aliphatic heterocycles. The third-order valence-corrected chi connectivity index (χ3v) is 5.80. The molecule has 3 aromatic heterocycles. The fourth-order valence-corrected chi connectivity index (χ4v) is 4.67. The number of nitrogens with zero attached hydrogens (tertiary/aromatic N) is 2. The van der Waals surface area contributed by atoms with Crippen LogP contribution in [0.4, 0.5) is 0 Å². The summed E-state index contributed by atoms with van der Waals surface area (Å²) in [4.78, 5) is 4.81. The molecule has 28 heavy (non-hydrogen) atoms. The molecule has 0 amide bonds. The summed E-state index contributed by atoms with van der Waals surface area (Å²) in [7, 11) is 0. The number of pyridine rings is 1. The summed E-state index contributed by atoms with van der Waals surface area (Å²) in [6.45, 7) is 0. The lowest BCUT2D eigenvalue weighted by molar-refractivity contribution is 0.630. The van der Waals surface area contributed by atoms with E-state index in [0.29, 0.717) is 0 Å². The smallest absolute Gasteiger partial charge is 0.160 e. The van der Waals surface area contributed by atoms with Gasteiger partial charge in [0.15, 0.2) is 5.76 Å². The van der Waals surface area contributed by atoms with Crippen LogP contribution >= 0.6 is 0 Å². The fourth-order valence-electron chi connectivity index (χ4n) is 4.67. The summed E-state index contributed by atoms with van der Waals surface area (Å²) >= 11 is 0. The average Bonchev–Trinajstić information content (AvgIpc) is 3.25. The van der Waals surface area contributed by atoms with Crippen LogP contribution < -0.4 is 0 Å². The van der Waals surface area contributed by atoms with Crippen molar-refractivity contribution in [2.24, 2.45) is 0 Å². The summed E-state index contributed by atoms with van der Waals surface area (Å²) in [5.41, 5.74) is 7.51. The van der Waals surface area contributed by atoms with Crippen LogP contribution in [-0.4, -0.2) is 9.55 Å². The number of hydrogen-bond donors (Lipinski definition) is 0. The van der Waals surface area contributed by atoms with E-state index in [1.54, 1.807) is 0 Å². The predicted octanol–water partition coefficient (Wildman–Crippen LogP) is 6.57. The van der Waals surface area contributed by atoms with Crippen LogP contribution in [-0.2, 0) is 0 Å². The fraction of sp³-hybridized carbons (Fsp3) is 0. The van der Waals surface area contributed by atoms with Gasteiger partial charge in [-0.3, -0.25) is 4.98 Å². The summed E-state index contributed by atoms with van der Waals surface area (Å²) in [6.07, 6.45) is 1.91. The van der Waals surface area contributed by atoms with Crippen LogP contribution in [0, 0.1) is 0 Å². The summed E-state index contributed by atoms with van der Waals surface area (Å²) in [5, 5.41) is 3.57. The Labute approximate surface area is 160 Å². The average molecular weight is 358 g/mol. The first kappa shape index (κ1) is 14.2. The molecule has 1 aliphatic rings. The number of furan rings is 1. The van der Waals surface area contributed by atoms with Gasteiger partial charge in [-0.2, -0.15) is 0 Å². The Morgan fingerprint density at radius 3 is 2.36 bits per heavy atom. The van der Waals surface area contributed by atoms with Crippen LogP contribution in [0.25, 0.3) is 61.0 Å². The van der Waals surface area contributed by atoms with Gasteiger partial charge in [-0.05, 0) is 24.3 Å². The summed E-state index contributed by atoms with van der Waals surface area (Å²) in [5.74, 6) is 0.900. The predicted molar refractivity (Wildman–Crippen MR) is 113 cm³/mol. The molecular formula is C25H14N2O. The Hall–Kier alpha value is -3.85. The molecule has 0 fully saturated rings. The summed E-state index contributed by atoms with van der Waals surface area (Å²) in [6, 6.07) is 27.4. The standard InChI is InChI=1S/C25H14N2O/c1-2-9-18-16(8-1)22-23-17(13-14-26-22)15-7-3-5-11-20(15)27(23)24-19-10-4-6-12-21(19)28-25(18)24/h1-14H. The molecule has 0 aliphatic carbocycles. The van der Waals surface area contributed by atoms with E-state index in [4.69, 9.17) is 9.40 Å². The Balaban J connectivity index is 1.86. The third kappa shape index (κ3) is 1.58. The van der Waals surface area contributed by atoms with Crippen molar-refractivity contribution in [1.82, 2.24) is 9.55 Å². The molecule has 0 atom stereocenters. The Kier molecular flexibility index (Phi) is 2.49. The molecular weight excluding hydrogens is 344 g/mol. The maximum atomic E-state index is 6.43. The molecule has 0 radical (unpaired) electrons. The lowest BCUT2D eigenvalue weighted by Crippen LogP contribution is -1.94. The van der Waals surface area contributed by atoms with Crippen molar-refractivity contribution in [3.63, 3.8) is 0 Å². The topological polar surface area (TPSA) is 31.0 Å². The number of benzene rings is 3. The van der Waals surface area contributed by atoms with Gasteiger partial charge in [0.1, 0.15) is 11.3 Å². The van der Waals surface area contributed by atoms with E-state index in [-0.39, 0.29) is 0 Å². The molecule has 0 N–H and O–H groups in total. The molecule has 7 rings (SSSR count). The zero-order chi connectivity index (χ0) is 18.2. The van der Waals surface area contributed by atoms with Gasteiger partial charge in [-0.1, -0.05) is 54.6 Å². The maximum absolute atomic E-state index is 6.43. The van der Waals surface area contributed by atoms with Crippen molar-refractivity contribution in [2.75, 3.05) is 0 Å². The van der Waals surface area contributed by atoms with E-state index >= 15 is 0 Å². The first-order chi connectivity index (χ1) is 13.9. The molecule has 0 bridgehead atoms. The van der Waals surface area contributed by atoms with Gasteiger partial charge in [-0.15, -0.1) is 0 Å². The van der Waals surface area contributed by atoms with Gasteiger partial charge < -0.3 is 8.98 Å². The van der Waals surface area contributed by atoms with Gasteiger partial charge >= 0.3 is 0 Å². The zero-order valence-corrected chi connectivity index (χ0v) is 14.9. The molecule has 3 aromatic carbocycles. The van der Waals surface area contributed by atoms with E-state index in [1.165, 1.54) is 16.3 Å². The minimum Gasteiger partial charge on any atom is -0.454 e. The van der Waals surface area contributed by atoms with Crippen molar-refractivity contribution in [3.05, 3.63) is 85.1 Å². The van der Waals surface area contributed by atoms with Crippen molar-refractivity contribution >= 4 is 32.8 Å². The normalized spacial score (nSPS) is 12.3. The lowest BCUT2D eigenvalue weighted by Gasteiger charge is -2.07. The van der Waals surface area contributed by atoms with E-state index in [0.717, 1.165) is 44.8 Å². The largest absolute Gasteiger partial charge is 0.454 e. The minimum absolute atomic E-state index is 0.900. The van der Waals surface area contributed by atoms with Gasteiger partial charge in [0, 0.05) is 33.5 Å². The second-order valence-corrected chi connectivity index (χ2v) is 7.23. The Morgan fingerprint density at radius 2 is 1.43 bits per heavy atom. The molecule has 4 heterocycles. The number of para-hydroxylation sites is 2. The van der Waals surface area contributed by atoms with Crippen LogP contribution in [0.5, 0.6) is 0 Å². The molecule has 0 spiro atoms. The highest BCUT2D eigenvalue weighted by molar-refractivity contribution is 6.17. The molecule has 3 heteroatoms.